The van der Waals surface area contributed by atoms with Crippen LogP contribution in [-0.2, 0) is 4.74 Å². The lowest BCUT2D eigenvalue weighted by Crippen LogP contribution is -2.14. The molecule has 6 heteroatoms. The molecule has 6 nitrogen and oxygen atoms in total. The summed E-state index contributed by atoms with van der Waals surface area (Å²) in [6.45, 7) is 0. The van der Waals surface area contributed by atoms with Crippen molar-refractivity contribution < 1.29 is 19.1 Å². The van der Waals surface area contributed by atoms with Gasteiger partial charge in [-0.3, -0.25) is 4.79 Å². The maximum atomic E-state index is 12.6. The van der Waals surface area contributed by atoms with Crippen LogP contribution in [0.25, 0.3) is 0 Å². The van der Waals surface area contributed by atoms with Crippen molar-refractivity contribution in [1.29, 1.82) is 0 Å². The number of amides is 1. The third kappa shape index (κ3) is 4.05. The van der Waals surface area contributed by atoms with E-state index in [2.05, 4.69) is 15.0 Å². The number of aromatic nitrogens is 1. The van der Waals surface area contributed by atoms with Crippen LogP contribution in [0.15, 0.2) is 72.9 Å². The minimum absolute atomic E-state index is 0.110. The summed E-state index contributed by atoms with van der Waals surface area (Å²) in [5.41, 5.74) is 0.909. The smallest absolute Gasteiger partial charge is 0.356 e. The number of esters is 1. The predicted molar refractivity (Wildman–Crippen MR) is 96.5 cm³/mol. The lowest BCUT2D eigenvalue weighted by Gasteiger charge is -2.11. The molecule has 0 bridgehead atoms. The molecule has 1 N–H and O–H groups in total. The lowest BCUT2D eigenvalue weighted by molar-refractivity contribution is 0.0594. The van der Waals surface area contributed by atoms with Crippen LogP contribution in [-0.4, -0.2) is 24.0 Å². The first-order chi connectivity index (χ1) is 12.7. The Morgan fingerprint density at radius 3 is 2.46 bits per heavy atom. The molecule has 3 aromatic rings. The number of nitrogens with one attached hydrogen (secondary N) is 1. The van der Waals surface area contributed by atoms with Crippen molar-refractivity contribution in [3.8, 4) is 11.5 Å². The van der Waals surface area contributed by atoms with Gasteiger partial charge in [-0.05, 0) is 36.4 Å². The number of methoxy groups -OCH3 is 1. The quantitative estimate of drug-likeness (QED) is 0.707. The van der Waals surface area contributed by atoms with E-state index in [0.717, 1.165) is 0 Å². The van der Waals surface area contributed by atoms with Crippen LogP contribution in [0.4, 0.5) is 5.69 Å². The Bertz CT molecular complexity index is 926. The van der Waals surface area contributed by atoms with Crippen molar-refractivity contribution in [3.05, 3.63) is 84.2 Å². The minimum atomic E-state index is -0.575. The van der Waals surface area contributed by atoms with E-state index >= 15 is 0 Å². The van der Waals surface area contributed by atoms with Crippen molar-refractivity contribution in [2.45, 2.75) is 0 Å². The van der Waals surface area contributed by atoms with Gasteiger partial charge < -0.3 is 14.8 Å². The first-order valence-corrected chi connectivity index (χ1v) is 7.85. The molecule has 0 aliphatic heterocycles. The molecule has 3 rings (SSSR count). The number of benzene rings is 2. The number of ether oxygens (including phenoxy) is 2. The molecule has 0 atom stereocenters. The van der Waals surface area contributed by atoms with Gasteiger partial charge in [0.05, 0.1) is 12.7 Å². The molecule has 1 heterocycles. The molecule has 0 saturated heterocycles. The molecule has 0 aliphatic rings. The van der Waals surface area contributed by atoms with Crippen molar-refractivity contribution in [2.24, 2.45) is 0 Å². The summed E-state index contributed by atoms with van der Waals surface area (Å²) >= 11 is 0. The van der Waals surface area contributed by atoms with E-state index in [9.17, 15) is 9.59 Å². The molecule has 0 radical (unpaired) electrons. The van der Waals surface area contributed by atoms with Gasteiger partial charge in [-0.1, -0.05) is 30.3 Å². The highest BCUT2D eigenvalue weighted by atomic mass is 16.5. The van der Waals surface area contributed by atoms with Gasteiger partial charge in [-0.15, -0.1) is 0 Å². The number of rotatable bonds is 5. The van der Waals surface area contributed by atoms with Crippen LogP contribution in [0.1, 0.15) is 20.8 Å². The average molecular weight is 348 g/mol. The van der Waals surface area contributed by atoms with E-state index < -0.39 is 5.97 Å². The monoisotopic (exact) mass is 348 g/mol. The van der Waals surface area contributed by atoms with Gasteiger partial charge in [-0.2, -0.15) is 0 Å². The maximum absolute atomic E-state index is 12.6. The highest BCUT2D eigenvalue weighted by Crippen LogP contribution is 2.25. The number of para-hydroxylation sites is 2. The molecule has 26 heavy (non-hydrogen) atoms. The van der Waals surface area contributed by atoms with Gasteiger partial charge in [0.25, 0.3) is 5.91 Å². The van der Waals surface area contributed by atoms with Crippen molar-refractivity contribution in [1.82, 2.24) is 4.98 Å². The highest BCUT2D eigenvalue weighted by molar-refractivity contribution is 6.06. The number of nitrogens with zero attached hydrogens (tertiary/aromatic N) is 1. The molecule has 0 spiro atoms. The number of pyridine rings is 1. The Kier molecular flexibility index (Phi) is 5.24. The summed E-state index contributed by atoms with van der Waals surface area (Å²) in [6, 6.07) is 19.1. The largest absolute Gasteiger partial charge is 0.464 e. The van der Waals surface area contributed by atoms with E-state index in [1.165, 1.54) is 19.4 Å². The fourth-order valence-electron chi connectivity index (χ4n) is 2.28. The van der Waals surface area contributed by atoms with Crippen LogP contribution < -0.4 is 10.1 Å². The zero-order valence-corrected chi connectivity index (χ0v) is 14.0. The number of anilines is 1. The molecule has 1 aromatic heterocycles. The molecule has 0 unspecified atom stereocenters. The molecule has 0 fully saturated rings. The number of hydrogen-bond donors (Lipinski definition) is 1. The summed E-state index contributed by atoms with van der Waals surface area (Å²) in [6.07, 6.45) is 1.42. The molecular weight excluding hydrogens is 332 g/mol. The molecule has 0 aliphatic carbocycles. The normalized spacial score (nSPS) is 10.0. The Balaban J connectivity index is 1.81. The van der Waals surface area contributed by atoms with E-state index in [-0.39, 0.29) is 11.6 Å². The van der Waals surface area contributed by atoms with Crippen molar-refractivity contribution in [2.75, 3.05) is 12.4 Å². The Hall–Kier alpha value is -3.67. The second-order valence-corrected chi connectivity index (χ2v) is 5.29. The van der Waals surface area contributed by atoms with Crippen molar-refractivity contribution >= 4 is 17.6 Å². The Labute approximate surface area is 150 Å². The summed E-state index contributed by atoms with van der Waals surface area (Å²) in [5, 5.41) is 2.74. The molecule has 0 saturated carbocycles. The van der Waals surface area contributed by atoms with E-state index in [1.54, 1.807) is 42.5 Å². The van der Waals surface area contributed by atoms with Gasteiger partial charge in [0.15, 0.2) is 0 Å². The Morgan fingerprint density at radius 1 is 0.962 bits per heavy atom. The van der Waals surface area contributed by atoms with E-state index in [4.69, 9.17) is 4.74 Å². The minimum Gasteiger partial charge on any atom is -0.464 e. The number of carbonyl (C=O) groups excluding carboxylic acids is 2. The van der Waals surface area contributed by atoms with E-state index in [0.29, 0.717) is 22.7 Å². The van der Waals surface area contributed by atoms with Crippen LogP contribution >= 0.6 is 0 Å². The molecule has 2 aromatic carbocycles. The van der Waals surface area contributed by atoms with Gasteiger partial charge in [0.1, 0.15) is 17.2 Å². The molecular formula is C20H16N2O4. The van der Waals surface area contributed by atoms with Crippen molar-refractivity contribution in [3.63, 3.8) is 0 Å². The van der Waals surface area contributed by atoms with Gasteiger partial charge in [-0.25, -0.2) is 9.78 Å². The predicted octanol–water partition coefficient (Wildman–Crippen LogP) is 3.91. The molecule has 130 valence electrons. The lowest BCUT2D eigenvalue weighted by atomic mass is 10.2. The maximum Gasteiger partial charge on any atom is 0.356 e. The van der Waals surface area contributed by atoms with Crippen LogP contribution in [0.3, 0.4) is 0 Å². The van der Waals surface area contributed by atoms with Crippen LogP contribution in [0, 0.1) is 0 Å². The Morgan fingerprint density at radius 2 is 1.69 bits per heavy atom. The summed E-state index contributed by atoms with van der Waals surface area (Å²) in [5.74, 6) is 0.121. The molecule has 1 amide bonds. The third-order valence-electron chi connectivity index (χ3n) is 3.52. The summed E-state index contributed by atoms with van der Waals surface area (Å²) in [4.78, 5) is 28.1. The van der Waals surface area contributed by atoms with Gasteiger partial charge in [0, 0.05) is 11.9 Å². The summed E-state index contributed by atoms with van der Waals surface area (Å²) in [7, 11) is 1.27. The van der Waals surface area contributed by atoms with Gasteiger partial charge in [0.2, 0.25) is 0 Å². The first-order valence-electron chi connectivity index (χ1n) is 7.85. The van der Waals surface area contributed by atoms with Crippen LogP contribution in [0.5, 0.6) is 11.5 Å². The topological polar surface area (TPSA) is 77.5 Å². The van der Waals surface area contributed by atoms with E-state index in [1.807, 2.05) is 18.2 Å². The fourth-order valence-corrected chi connectivity index (χ4v) is 2.28. The zero-order chi connectivity index (χ0) is 18.4. The first kappa shape index (κ1) is 17.2. The average Bonchev–Trinajstić information content (AvgIpc) is 2.68. The second-order valence-electron chi connectivity index (χ2n) is 5.29. The zero-order valence-electron chi connectivity index (χ0n) is 14.0. The standard InChI is InChI=1S/C20H16N2O4/c1-25-20(24)17-13-14(11-12-21-17)22-19(23)16-9-5-6-10-18(16)26-15-7-3-2-4-8-15/h2-13H,1H3,(H,21,22,23). The number of hydrogen-bond acceptors (Lipinski definition) is 5. The van der Waals surface area contributed by atoms with Crippen LogP contribution in [0.2, 0.25) is 0 Å². The second kappa shape index (κ2) is 7.94. The fraction of sp³-hybridized carbons (Fsp3) is 0.0500. The number of carbonyl (C=O) groups is 2. The summed E-state index contributed by atoms with van der Waals surface area (Å²) < 4.78 is 10.4. The third-order valence-corrected chi connectivity index (χ3v) is 3.52. The highest BCUT2D eigenvalue weighted by Gasteiger charge is 2.14. The SMILES string of the molecule is COC(=O)c1cc(NC(=O)c2ccccc2Oc2ccccc2)ccn1. The van der Waals surface area contributed by atoms with Gasteiger partial charge >= 0.3 is 5.97 Å².